The number of halogens is 3. The number of allylic oxidation sites excluding steroid dienone is 1. The van der Waals surface area contributed by atoms with E-state index < -0.39 is 35.1 Å². The highest BCUT2D eigenvalue weighted by Gasteiger charge is 2.35. The minimum absolute atomic E-state index is 0.141. The van der Waals surface area contributed by atoms with Crippen LogP contribution >= 0.6 is 11.6 Å². The summed E-state index contributed by atoms with van der Waals surface area (Å²) in [7, 11) is 0. The maximum Gasteiger partial charge on any atom is 0.226 e. The van der Waals surface area contributed by atoms with Crippen LogP contribution in [-0.4, -0.2) is 37.2 Å². The molecule has 39 heavy (non-hydrogen) atoms. The number of nitrogens with zero attached hydrogens (tertiary/aromatic N) is 1. The number of rotatable bonds is 4. The van der Waals surface area contributed by atoms with Gasteiger partial charge in [-0.15, -0.1) is 0 Å². The number of hydrogen-bond acceptors (Lipinski definition) is 6. The fourth-order valence-corrected chi connectivity index (χ4v) is 5.87. The topological polar surface area (TPSA) is 68.2 Å². The quantitative estimate of drug-likeness (QED) is 0.228. The average Bonchev–Trinajstić information content (AvgIpc) is 2.97. The molecule has 4 aromatic rings. The third-order valence-electron chi connectivity index (χ3n) is 7.48. The van der Waals surface area contributed by atoms with E-state index in [1.807, 2.05) is 12.1 Å². The second-order valence-corrected chi connectivity index (χ2v) is 9.95. The van der Waals surface area contributed by atoms with Crippen LogP contribution < -0.4 is 4.90 Å². The Bertz CT molecular complexity index is 1780. The van der Waals surface area contributed by atoms with Crippen molar-refractivity contribution in [2.24, 2.45) is 0 Å². The zero-order chi connectivity index (χ0) is 26.8. The Morgan fingerprint density at radius 3 is 2.36 bits per heavy atom. The molecule has 4 aromatic carbocycles. The number of carbonyl (C=O) groups excluding carboxylic acids is 1. The molecule has 3 aliphatic rings. The number of ketones is 1. The zero-order valence-corrected chi connectivity index (χ0v) is 21.1. The van der Waals surface area contributed by atoms with Crippen molar-refractivity contribution in [2.45, 2.75) is 6.10 Å². The molecule has 1 heterocycles. The standard InChI is InChI=1S/C30H20ClF2NO5/c31-21-9-7-18-23-15(21)3-1-6-19(23)29(26(33)28(18)36)38-39-30-20-8-10-22(34-11-13-37-14-12-34)16-4-2-5-17(24(16)20)27(35)25(30)32/h1-10,27,35H,11-14H2. The van der Waals surface area contributed by atoms with Crippen molar-refractivity contribution < 1.29 is 33.2 Å². The molecule has 7 rings (SSSR count). The van der Waals surface area contributed by atoms with E-state index in [0.717, 1.165) is 11.1 Å². The molecule has 1 saturated heterocycles. The summed E-state index contributed by atoms with van der Waals surface area (Å²) >= 11 is 6.32. The Morgan fingerprint density at radius 1 is 0.846 bits per heavy atom. The van der Waals surface area contributed by atoms with Gasteiger partial charge in [-0.2, -0.15) is 4.39 Å². The number of hydrogen-bond donors (Lipinski definition) is 1. The van der Waals surface area contributed by atoms with Crippen LogP contribution in [-0.2, 0) is 14.5 Å². The van der Waals surface area contributed by atoms with Gasteiger partial charge < -0.3 is 14.7 Å². The van der Waals surface area contributed by atoms with Crippen LogP contribution in [0.1, 0.15) is 33.2 Å². The number of anilines is 1. The summed E-state index contributed by atoms with van der Waals surface area (Å²) in [5, 5.41) is 13.6. The second kappa shape index (κ2) is 9.05. The fraction of sp³-hybridized carbons (Fsp3) is 0.167. The fourth-order valence-electron chi connectivity index (χ4n) is 5.64. The SMILES string of the molecule is O=C1C(F)=C(OOC2=C(F)C(O)c3cccc4c(N5CCOCC5)ccc2c34)c2cccc3c(Cl)ccc1c23. The van der Waals surface area contributed by atoms with Gasteiger partial charge in [0.25, 0.3) is 0 Å². The smallest absolute Gasteiger partial charge is 0.226 e. The first-order chi connectivity index (χ1) is 19.0. The summed E-state index contributed by atoms with van der Waals surface area (Å²) < 4.78 is 36.4. The monoisotopic (exact) mass is 547 g/mol. The minimum Gasteiger partial charge on any atom is -0.381 e. The highest BCUT2D eigenvalue weighted by atomic mass is 35.5. The number of Topliss-reactive ketones (excluding diaryl/α,β-unsaturated/α-hetero) is 1. The van der Waals surface area contributed by atoms with Crippen molar-refractivity contribution in [2.75, 3.05) is 31.2 Å². The molecule has 1 atom stereocenters. The molecule has 6 nitrogen and oxygen atoms in total. The van der Waals surface area contributed by atoms with Crippen molar-refractivity contribution in [1.82, 2.24) is 0 Å². The maximum absolute atomic E-state index is 15.6. The Balaban J connectivity index is 1.31. The molecule has 1 unspecified atom stereocenters. The van der Waals surface area contributed by atoms with Crippen molar-refractivity contribution in [3.05, 3.63) is 99.6 Å². The number of morpholine rings is 1. The number of ether oxygens (including phenoxy) is 1. The van der Waals surface area contributed by atoms with Crippen LogP contribution in [0.4, 0.5) is 14.5 Å². The predicted molar refractivity (Wildman–Crippen MR) is 143 cm³/mol. The number of aliphatic hydroxyl groups excluding tert-OH is 1. The van der Waals surface area contributed by atoms with Crippen LogP contribution in [0.2, 0.25) is 5.02 Å². The van der Waals surface area contributed by atoms with Gasteiger partial charge in [0.2, 0.25) is 23.1 Å². The van der Waals surface area contributed by atoms with Crippen LogP contribution in [0.3, 0.4) is 0 Å². The van der Waals surface area contributed by atoms with Crippen molar-refractivity contribution in [3.8, 4) is 0 Å². The average molecular weight is 548 g/mol. The van der Waals surface area contributed by atoms with E-state index in [2.05, 4.69) is 4.90 Å². The molecule has 9 heteroatoms. The van der Waals surface area contributed by atoms with E-state index in [0.29, 0.717) is 58.6 Å². The molecule has 0 aromatic heterocycles. The third kappa shape index (κ3) is 3.56. The van der Waals surface area contributed by atoms with Crippen LogP contribution in [0.15, 0.2) is 72.3 Å². The molecule has 196 valence electrons. The van der Waals surface area contributed by atoms with Crippen molar-refractivity contribution >= 4 is 56.1 Å². The Kier molecular flexibility index (Phi) is 5.59. The van der Waals surface area contributed by atoms with Crippen molar-refractivity contribution in [1.29, 1.82) is 0 Å². The molecule has 0 bridgehead atoms. The Labute approximate surface area is 226 Å². The number of benzene rings is 4. The van der Waals surface area contributed by atoms with Gasteiger partial charge in [0.05, 0.1) is 13.2 Å². The first kappa shape index (κ1) is 24.1. The van der Waals surface area contributed by atoms with E-state index in [-0.39, 0.29) is 11.1 Å². The molecule has 0 saturated carbocycles. The molecular weight excluding hydrogens is 528 g/mol. The van der Waals surface area contributed by atoms with Gasteiger partial charge in [0, 0.05) is 62.0 Å². The zero-order valence-electron chi connectivity index (χ0n) is 20.3. The molecule has 1 N–H and O–H groups in total. The van der Waals surface area contributed by atoms with Crippen LogP contribution in [0.5, 0.6) is 0 Å². The lowest BCUT2D eigenvalue weighted by atomic mass is 9.88. The first-order valence-electron chi connectivity index (χ1n) is 12.4. The lowest BCUT2D eigenvalue weighted by Crippen LogP contribution is -2.36. The Morgan fingerprint density at radius 2 is 1.54 bits per heavy atom. The molecule has 1 aliphatic heterocycles. The predicted octanol–water partition coefficient (Wildman–Crippen LogP) is 6.65. The van der Waals surface area contributed by atoms with Crippen LogP contribution in [0, 0.1) is 0 Å². The summed E-state index contributed by atoms with van der Waals surface area (Å²) in [5.41, 5.74) is 2.02. The molecule has 0 spiro atoms. The molecule has 0 amide bonds. The van der Waals surface area contributed by atoms with Gasteiger partial charge in [-0.05, 0) is 29.8 Å². The largest absolute Gasteiger partial charge is 0.381 e. The number of aliphatic hydroxyl groups is 1. The number of carbonyl (C=O) groups is 1. The molecule has 0 radical (unpaired) electrons. The second-order valence-electron chi connectivity index (χ2n) is 9.54. The maximum atomic E-state index is 15.6. The van der Waals surface area contributed by atoms with E-state index in [4.69, 9.17) is 26.1 Å². The summed E-state index contributed by atoms with van der Waals surface area (Å²) in [6, 6.07) is 16.8. The molecular formula is C30H20ClF2NO5. The minimum atomic E-state index is -1.62. The van der Waals surface area contributed by atoms with Gasteiger partial charge in [-0.1, -0.05) is 48.0 Å². The van der Waals surface area contributed by atoms with Gasteiger partial charge in [0.1, 0.15) is 6.10 Å². The van der Waals surface area contributed by atoms with E-state index in [1.54, 1.807) is 36.4 Å². The first-order valence-corrected chi connectivity index (χ1v) is 12.8. The normalized spacial score (nSPS) is 18.8. The van der Waals surface area contributed by atoms with Gasteiger partial charge in [-0.3, -0.25) is 14.6 Å². The highest BCUT2D eigenvalue weighted by molar-refractivity contribution is 6.37. The lowest BCUT2D eigenvalue weighted by molar-refractivity contribution is -0.167. The molecule has 1 fully saturated rings. The summed E-state index contributed by atoms with van der Waals surface area (Å²) in [4.78, 5) is 25.9. The Hall–Kier alpha value is -3.98. The van der Waals surface area contributed by atoms with Crippen molar-refractivity contribution in [3.63, 3.8) is 0 Å². The van der Waals surface area contributed by atoms with Gasteiger partial charge in [-0.25, -0.2) is 4.39 Å². The van der Waals surface area contributed by atoms with Gasteiger partial charge >= 0.3 is 0 Å². The van der Waals surface area contributed by atoms with Crippen LogP contribution in [0.25, 0.3) is 33.1 Å². The van der Waals surface area contributed by atoms with E-state index >= 15 is 8.78 Å². The summed E-state index contributed by atoms with van der Waals surface area (Å²) in [6.45, 7) is 2.55. The third-order valence-corrected chi connectivity index (χ3v) is 7.81. The lowest BCUT2D eigenvalue weighted by Gasteiger charge is -2.31. The van der Waals surface area contributed by atoms with E-state index in [9.17, 15) is 9.90 Å². The van der Waals surface area contributed by atoms with Gasteiger partial charge in [0.15, 0.2) is 5.83 Å². The summed E-state index contributed by atoms with van der Waals surface area (Å²) in [6.07, 6.45) is -1.62. The highest BCUT2D eigenvalue weighted by Crippen LogP contribution is 2.47. The summed E-state index contributed by atoms with van der Waals surface area (Å²) in [5.74, 6) is -3.94. The van der Waals surface area contributed by atoms with E-state index in [1.165, 1.54) is 12.1 Å². The molecule has 2 aliphatic carbocycles.